The zero-order valence-electron chi connectivity index (χ0n) is 11.4. The van der Waals surface area contributed by atoms with Gasteiger partial charge in [-0.2, -0.15) is 13.2 Å². The van der Waals surface area contributed by atoms with Crippen molar-refractivity contribution < 1.29 is 13.2 Å². The van der Waals surface area contributed by atoms with E-state index in [4.69, 9.17) is 0 Å². The minimum absolute atomic E-state index is 0.0519. The molecule has 0 unspecified atom stereocenters. The van der Waals surface area contributed by atoms with Crippen LogP contribution in [0, 0.1) is 0 Å². The third-order valence-electron chi connectivity index (χ3n) is 3.51. The van der Waals surface area contributed by atoms with Crippen LogP contribution in [-0.2, 0) is 0 Å². The predicted octanol–water partition coefficient (Wildman–Crippen LogP) is 4.19. The number of nitrogens with one attached hydrogen (secondary N) is 1. The molecule has 1 aromatic carbocycles. The highest BCUT2D eigenvalue weighted by Crippen LogP contribution is 2.40. The van der Waals surface area contributed by atoms with Crippen molar-refractivity contribution in [1.29, 1.82) is 0 Å². The molecule has 1 N–H and O–H groups in total. The second-order valence-corrected chi connectivity index (χ2v) is 6.00. The van der Waals surface area contributed by atoms with Gasteiger partial charge in [0.15, 0.2) is 0 Å². The maximum absolute atomic E-state index is 12.5. The van der Waals surface area contributed by atoms with E-state index in [1.54, 1.807) is 18.2 Å². The Morgan fingerprint density at radius 3 is 2.50 bits per heavy atom. The molecule has 0 amide bonds. The van der Waals surface area contributed by atoms with Gasteiger partial charge in [-0.1, -0.05) is 19.1 Å². The zero-order valence-corrected chi connectivity index (χ0v) is 12.2. The molecule has 0 spiro atoms. The number of thioether (sulfide) groups is 1. The lowest BCUT2D eigenvalue weighted by Crippen LogP contribution is -2.38. The molecule has 0 radical (unpaired) electrons. The summed E-state index contributed by atoms with van der Waals surface area (Å²) < 4.78 is 37.6. The number of benzene rings is 1. The van der Waals surface area contributed by atoms with Crippen LogP contribution in [0.2, 0.25) is 0 Å². The summed E-state index contributed by atoms with van der Waals surface area (Å²) in [5.41, 5.74) is -3.66. The van der Waals surface area contributed by atoms with Crippen LogP contribution < -0.4 is 5.32 Å². The quantitative estimate of drug-likeness (QED) is 0.840. The van der Waals surface area contributed by atoms with Crippen molar-refractivity contribution in [3.05, 3.63) is 24.3 Å². The van der Waals surface area contributed by atoms with E-state index in [1.807, 2.05) is 0 Å². The Hall–Kier alpha value is -0.880. The van der Waals surface area contributed by atoms with Crippen LogP contribution in [0.15, 0.2) is 29.2 Å². The highest BCUT2D eigenvalue weighted by atomic mass is 32.2. The van der Waals surface area contributed by atoms with Crippen molar-refractivity contribution in [2.45, 2.75) is 36.2 Å². The molecular weight excluding hydrogens is 285 g/mol. The van der Waals surface area contributed by atoms with Crippen molar-refractivity contribution in [2.24, 2.45) is 0 Å². The molecule has 1 saturated heterocycles. The fraction of sp³-hybridized carbons (Fsp3) is 0.571. The summed E-state index contributed by atoms with van der Waals surface area (Å²) >= 11 is -0.0519. The van der Waals surface area contributed by atoms with Gasteiger partial charge in [0.25, 0.3) is 0 Å². The standard InChI is InChI=1S/C14H19F3N2S/c1-2-19-9-7-11(8-10-19)18-12-5-3-4-6-13(12)20-14(15,16)17/h3-6,11,18H,2,7-10H2,1H3. The fourth-order valence-corrected chi connectivity index (χ4v) is 3.05. The summed E-state index contributed by atoms with van der Waals surface area (Å²) in [6.07, 6.45) is 1.94. The first kappa shape index (κ1) is 15.5. The molecule has 2 rings (SSSR count). The van der Waals surface area contributed by atoms with Crippen LogP contribution in [0.1, 0.15) is 19.8 Å². The number of rotatable bonds is 4. The van der Waals surface area contributed by atoms with Gasteiger partial charge in [-0.25, -0.2) is 0 Å². The summed E-state index contributed by atoms with van der Waals surface area (Å²) in [6.45, 7) is 5.17. The van der Waals surface area contributed by atoms with E-state index in [-0.39, 0.29) is 22.7 Å². The van der Waals surface area contributed by atoms with Crippen LogP contribution in [-0.4, -0.2) is 36.1 Å². The Balaban J connectivity index is 1.99. The normalized spacial score (nSPS) is 18.2. The van der Waals surface area contributed by atoms with E-state index in [0.717, 1.165) is 32.5 Å². The van der Waals surface area contributed by atoms with Crippen molar-refractivity contribution in [1.82, 2.24) is 4.90 Å². The average Bonchev–Trinajstić information content (AvgIpc) is 2.40. The highest BCUT2D eigenvalue weighted by Gasteiger charge is 2.30. The van der Waals surface area contributed by atoms with Crippen LogP contribution in [0.5, 0.6) is 0 Å². The van der Waals surface area contributed by atoms with Crippen molar-refractivity contribution >= 4 is 17.4 Å². The number of nitrogens with zero attached hydrogens (tertiary/aromatic N) is 1. The molecule has 20 heavy (non-hydrogen) atoms. The summed E-state index contributed by atoms with van der Waals surface area (Å²) in [5.74, 6) is 0. The molecule has 6 heteroatoms. The van der Waals surface area contributed by atoms with E-state index in [2.05, 4.69) is 17.1 Å². The van der Waals surface area contributed by atoms with Gasteiger partial charge < -0.3 is 10.2 Å². The Bertz CT molecular complexity index is 429. The third-order valence-corrected chi connectivity index (χ3v) is 4.31. The average molecular weight is 304 g/mol. The number of hydrogen-bond acceptors (Lipinski definition) is 3. The molecular formula is C14H19F3N2S. The van der Waals surface area contributed by atoms with E-state index < -0.39 is 5.51 Å². The number of likely N-dealkylation sites (tertiary alicyclic amines) is 1. The summed E-state index contributed by atoms with van der Waals surface area (Å²) in [6, 6.07) is 6.90. The number of halogens is 3. The summed E-state index contributed by atoms with van der Waals surface area (Å²) in [5, 5.41) is 3.27. The first-order chi connectivity index (χ1) is 9.48. The smallest absolute Gasteiger partial charge is 0.381 e. The van der Waals surface area contributed by atoms with Crippen LogP contribution in [0.25, 0.3) is 0 Å². The molecule has 0 aromatic heterocycles. The molecule has 1 aliphatic rings. The molecule has 0 saturated carbocycles. The molecule has 0 aliphatic carbocycles. The maximum atomic E-state index is 12.5. The van der Waals surface area contributed by atoms with Gasteiger partial charge in [-0.15, -0.1) is 0 Å². The fourth-order valence-electron chi connectivity index (χ4n) is 2.41. The van der Waals surface area contributed by atoms with Gasteiger partial charge in [0.05, 0.1) is 0 Å². The monoisotopic (exact) mass is 304 g/mol. The molecule has 0 atom stereocenters. The Labute approximate surface area is 121 Å². The van der Waals surface area contributed by atoms with Gasteiger partial charge >= 0.3 is 5.51 Å². The van der Waals surface area contributed by atoms with Crippen LogP contribution in [0.3, 0.4) is 0 Å². The van der Waals surface area contributed by atoms with Gasteiger partial charge in [0.2, 0.25) is 0 Å². The minimum atomic E-state index is -4.25. The van der Waals surface area contributed by atoms with E-state index in [0.29, 0.717) is 5.69 Å². The molecule has 2 nitrogen and oxygen atoms in total. The van der Waals surface area contributed by atoms with Crippen molar-refractivity contribution in [2.75, 3.05) is 25.0 Å². The molecule has 0 bridgehead atoms. The molecule has 1 fully saturated rings. The highest BCUT2D eigenvalue weighted by molar-refractivity contribution is 8.00. The number of piperidine rings is 1. The van der Waals surface area contributed by atoms with Crippen molar-refractivity contribution in [3.63, 3.8) is 0 Å². The molecule has 1 heterocycles. The lowest BCUT2D eigenvalue weighted by Gasteiger charge is -2.32. The minimum Gasteiger partial charge on any atom is -0.381 e. The van der Waals surface area contributed by atoms with Gasteiger partial charge in [0, 0.05) is 29.7 Å². The van der Waals surface area contributed by atoms with E-state index in [9.17, 15) is 13.2 Å². The first-order valence-corrected chi connectivity index (χ1v) is 7.63. The van der Waals surface area contributed by atoms with Crippen molar-refractivity contribution in [3.8, 4) is 0 Å². The number of anilines is 1. The largest absolute Gasteiger partial charge is 0.446 e. The maximum Gasteiger partial charge on any atom is 0.446 e. The van der Waals surface area contributed by atoms with Gasteiger partial charge in [-0.05, 0) is 43.3 Å². The third kappa shape index (κ3) is 4.59. The molecule has 112 valence electrons. The molecule has 1 aromatic rings. The second-order valence-electron chi connectivity index (χ2n) is 4.90. The Morgan fingerprint density at radius 2 is 1.90 bits per heavy atom. The SMILES string of the molecule is CCN1CCC(Nc2ccccc2SC(F)(F)F)CC1. The number of alkyl halides is 3. The van der Waals surface area contributed by atoms with Gasteiger partial charge in [-0.3, -0.25) is 0 Å². The number of hydrogen-bond donors (Lipinski definition) is 1. The summed E-state index contributed by atoms with van der Waals surface area (Å²) in [7, 11) is 0. The van der Waals surface area contributed by atoms with E-state index >= 15 is 0 Å². The summed E-state index contributed by atoms with van der Waals surface area (Å²) in [4.78, 5) is 2.60. The number of para-hydroxylation sites is 1. The van der Waals surface area contributed by atoms with Crippen LogP contribution >= 0.6 is 11.8 Å². The lowest BCUT2D eigenvalue weighted by molar-refractivity contribution is -0.0327. The van der Waals surface area contributed by atoms with E-state index in [1.165, 1.54) is 6.07 Å². The van der Waals surface area contributed by atoms with Gasteiger partial charge in [0.1, 0.15) is 0 Å². The van der Waals surface area contributed by atoms with Crippen LogP contribution in [0.4, 0.5) is 18.9 Å². The second kappa shape index (κ2) is 6.72. The Kier molecular flexibility index (Phi) is 5.21. The molecule has 1 aliphatic heterocycles. The predicted molar refractivity (Wildman–Crippen MR) is 77.1 cm³/mol. The first-order valence-electron chi connectivity index (χ1n) is 6.81. The zero-order chi connectivity index (χ0) is 14.6. The topological polar surface area (TPSA) is 15.3 Å². The lowest BCUT2D eigenvalue weighted by atomic mass is 10.0. The Morgan fingerprint density at radius 1 is 1.25 bits per heavy atom.